The highest BCUT2D eigenvalue weighted by molar-refractivity contribution is 5.92. The van der Waals surface area contributed by atoms with Gasteiger partial charge in [-0.05, 0) is 66.4 Å². The maximum absolute atomic E-state index is 13.8. The lowest BCUT2D eigenvalue weighted by molar-refractivity contribution is -0.144. The number of benzene rings is 1. The minimum absolute atomic E-state index is 0.201. The average molecular weight is 462 g/mol. The molecule has 2 N–H and O–H groups in total. The molecule has 0 heterocycles. The molecule has 7 nitrogen and oxygen atoms in total. The van der Waals surface area contributed by atoms with Gasteiger partial charge in [0.15, 0.2) is 0 Å². The molecule has 2 atom stereocenters. The molecule has 186 valence electrons. The maximum Gasteiger partial charge on any atom is 0.408 e. The number of ether oxygens (including phenoxy) is 1. The monoisotopic (exact) mass is 461 g/mol. The third kappa shape index (κ3) is 9.44. The zero-order valence-electron chi connectivity index (χ0n) is 22.0. The molecule has 0 saturated carbocycles. The number of nitrogens with one attached hydrogen (secondary N) is 2. The van der Waals surface area contributed by atoms with Crippen molar-refractivity contribution in [2.24, 2.45) is 5.92 Å². The lowest BCUT2D eigenvalue weighted by Crippen LogP contribution is -2.56. The predicted octanol–water partition coefficient (Wildman–Crippen LogP) is 4.74. The van der Waals surface area contributed by atoms with Crippen molar-refractivity contribution in [3.63, 3.8) is 0 Å². The Morgan fingerprint density at radius 2 is 1.67 bits per heavy atom. The van der Waals surface area contributed by atoms with Gasteiger partial charge in [-0.25, -0.2) is 4.79 Å². The van der Waals surface area contributed by atoms with Crippen molar-refractivity contribution in [1.82, 2.24) is 15.5 Å². The van der Waals surface area contributed by atoms with E-state index in [2.05, 4.69) is 10.6 Å². The van der Waals surface area contributed by atoms with Crippen LogP contribution >= 0.6 is 0 Å². The van der Waals surface area contributed by atoms with Crippen LogP contribution in [0.25, 0.3) is 0 Å². The van der Waals surface area contributed by atoms with Crippen molar-refractivity contribution >= 4 is 17.9 Å². The molecular weight excluding hydrogens is 418 g/mol. The van der Waals surface area contributed by atoms with Gasteiger partial charge in [0, 0.05) is 12.1 Å². The Bertz CT molecular complexity index is 822. The molecule has 1 aromatic rings. The molecule has 0 aliphatic heterocycles. The summed E-state index contributed by atoms with van der Waals surface area (Å²) in [7, 11) is 0. The van der Waals surface area contributed by atoms with E-state index in [0.717, 1.165) is 11.1 Å². The maximum atomic E-state index is 13.8. The summed E-state index contributed by atoms with van der Waals surface area (Å²) >= 11 is 0. The molecule has 0 spiro atoms. The first-order chi connectivity index (χ1) is 15.1. The molecule has 33 heavy (non-hydrogen) atoms. The highest BCUT2D eigenvalue weighted by Gasteiger charge is 2.38. The van der Waals surface area contributed by atoms with Crippen LogP contribution in [0.2, 0.25) is 0 Å². The van der Waals surface area contributed by atoms with Gasteiger partial charge in [0.05, 0.1) is 0 Å². The molecule has 0 bridgehead atoms. The first kappa shape index (κ1) is 28.5. The fraction of sp³-hybridized carbons (Fsp3) is 0.654. The SMILES string of the molecule is CCCN(C(=O)C(NC(=O)OC(C)(C)C)C(C)C)C(C(=O)NC(C)(C)C)c1cccc(C)c1. The van der Waals surface area contributed by atoms with Gasteiger partial charge >= 0.3 is 6.09 Å². The van der Waals surface area contributed by atoms with Crippen LogP contribution in [-0.4, -0.2) is 46.5 Å². The first-order valence-electron chi connectivity index (χ1n) is 11.7. The Kier molecular flexibility index (Phi) is 9.94. The molecule has 1 aromatic carbocycles. The van der Waals surface area contributed by atoms with E-state index in [0.29, 0.717) is 13.0 Å². The van der Waals surface area contributed by atoms with E-state index in [1.54, 1.807) is 25.7 Å². The van der Waals surface area contributed by atoms with Gasteiger partial charge in [-0.2, -0.15) is 0 Å². The molecule has 2 unspecified atom stereocenters. The third-order valence-electron chi connectivity index (χ3n) is 4.77. The number of alkyl carbamates (subject to hydrolysis) is 1. The van der Waals surface area contributed by atoms with Crippen LogP contribution in [-0.2, 0) is 14.3 Å². The van der Waals surface area contributed by atoms with E-state index in [1.165, 1.54) is 0 Å². The van der Waals surface area contributed by atoms with Crippen LogP contribution in [0.5, 0.6) is 0 Å². The third-order valence-corrected chi connectivity index (χ3v) is 4.77. The van der Waals surface area contributed by atoms with Gasteiger partial charge < -0.3 is 20.3 Å². The highest BCUT2D eigenvalue weighted by atomic mass is 16.6. The lowest BCUT2D eigenvalue weighted by atomic mass is 9.97. The van der Waals surface area contributed by atoms with E-state index < -0.39 is 29.3 Å². The van der Waals surface area contributed by atoms with Gasteiger partial charge in [-0.3, -0.25) is 9.59 Å². The second-order valence-electron chi connectivity index (χ2n) is 11.0. The van der Waals surface area contributed by atoms with Gasteiger partial charge in [0.1, 0.15) is 17.7 Å². The molecule has 0 saturated heterocycles. The van der Waals surface area contributed by atoms with Crippen LogP contribution in [0, 0.1) is 12.8 Å². The molecule has 0 aromatic heterocycles. The summed E-state index contributed by atoms with van der Waals surface area (Å²) in [5, 5.41) is 5.76. The second-order valence-corrected chi connectivity index (χ2v) is 11.0. The number of rotatable bonds is 8. The molecule has 7 heteroatoms. The number of hydrogen-bond acceptors (Lipinski definition) is 4. The van der Waals surface area contributed by atoms with Crippen LogP contribution < -0.4 is 10.6 Å². The van der Waals surface area contributed by atoms with E-state index in [4.69, 9.17) is 4.74 Å². The number of hydrogen-bond donors (Lipinski definition) is 2. The molecule has 0 fully saturated rings. The average Bonchev–Trinajstić information content (AvgIpc) is 2.62. The quantitative estimate of drug-likeness (QED) is 0.585. The minimum Gasteiger partial charge on any atom is -0.444 e. The zero-order valence-corrected chi connectivity index (χ0v) is 22.0. The van der Waals surface area contributed by atoms with Gasteiger partial charge in [-0.15, -0.1) is 0 Å². The van der Waals surface area contributed by atoms with Crippen molar-refractivity contribution in [1.29, 1.82) is 0 Å². The fourth-order valence-corrected chi connectivity index (χ4v) is 3.49. The number of nitrogens with zero attached hydrogens (tertiary/aromatic N) is 1. The first-order valence-corrected chi connectivity index (χ1v) is 11.7. The molecule has 1 rings (SSSR count). The van der Waals surface area contributed by atoms with Crippen molar-refractivity contribution < 1.29 is 19.1 Å². The van der Waals surface area contributed by atoms with E-state index in [9.17, 15) is 14.4 Å². The number of carbonyl (C=O) groups is 3. The van der Waals surface area contributed by atoms with Gasteiger partial charge in [0.25, 0.3) is 0 Å². The number of aryl methyl sites for hydroxylation is 1. The molecular formula is C26H43N3O4. The van der Waals surface area contributed by atoms with Gasteiger partial charge in [-0.1, -0.05) is 50.6 Å². The summed E-state index contributed by atoms with van der Waals surface area (Å²) in [6.45, 7) is 19.0. The summed E-state index contributed by atoms with van der Waals surface area (Å²) in [6, 6.07) is 5.97. The Hall–Kier alpha value is -2.57. The van der Waals surface area contributed by atoms with Crippen molar-refractivity contribution in [3.8, 4) is 0 Å². The summed E-state index contributed by atoms with van der Waals surface area (Å²) in [4.78, 5) is 41.4. The fourth-order valence-electron chi connectivity index (χ4n) is 3.49. The van der Waals surface area contributed by atoms with Crippen LogP contribution in [0.1, 0.15) is 85.9 Å². The number of carbonyl (C=O) groups excluding carboxylic acids is 3. The highest BCUT2D eigenvalue weighted by Crippen LogP contribution is 2.26. The molecule has 3 amide bonds. The minimum atomic E-state index is -0.832. The standard InChI is InChI=1S/C26H43N3O4/c1-11-15-29(23(31)20(17(2)3)27-24(32)33-26(8,9)10)21(22(30)28-25(5,6)7)19-14-12-13-18(4)16-19/h12-14,16-17,20-21H,11,15H2,1-10H3,(H,27,32)(H,28,30). The normalized spacial score (nSPS) is 13.8. The summed E-state index contributed by atoms with van der Waals surface area (Å²) in [5.74, 6) is -0.767. The smallest absolute Gasteiger partial charge is 0.408 e. The topological polar surface area (TPSA) is 87.7 Å². The lowest BCUT2D eigenvalue weighted by Gasteiger charge is -2.36. The molecule has 0 aliphatic carbocycles. The molecule has 0 aliphatic rings. The van der Waals surface area contributed by atoms with Crippen molar-refractivity contribution in [3.05, 3.63) is 35.4 Å². The van der Waals surface area contributed by atoms with E-state index >= 15 is 0 Å². The van der Waals surface area contributed by atoms with Crippen LogP contribution in [0.3, 0.4) is 0 Å². The van der Waals surface area contributed by atoms with E-state index in [-0.39, 0.29) is 17.7 Å². The van der Waals surface area contributed by atoms with Crippen molar-refractivity contribution in [2.45, 2.75) is 98.9 Å². The van der Waals surface area contributed by atoms with Crippen molar-refractivity contribution in [2.75, 3.05) is 6.54 Å². The molecule has 0 radical (unpaired) electrons. The Morgan fingerprint density at radius 1 is 1.06 bits per heavy atom. The van der Waals surface area contributed by atoms with Crippen LogP contribution in [0.15, 0.2) is 24.3 Å². The van der Waals surface area contributed by atoms with Gasteiger partial charge in [0.2, 0.25) is 11.8 Å². The Morgan fingerprint density at radius 3 is 2.12 bits per heavy atom. The van der Waals surface area contributed by atoms with E-state index in [1.807, 2.05) is 72.7 Å². The summed E-state index contributed by atoms with van der Waals surface area (Å²) < 4.78 is 5.38. The Balaban J connectivity index is 3.43. The largest absolute Gasteiger partial charge is 0.444 e. The zero-order chi connectivity index (χ0) is 25.6. The second kappa shape index (κ2) is 11.5. The Labute approximate surface area is 199 Å². The number of amides is 3. The van der Waals surface area contributed by atoms with Crippen LogP contribution in [0.4, 0.5) is 4.79 Å². The summed E-state index contributed by atoms with van der Waals surface area (Å²) in [6.07, 6.45) is 0.00549. The summed E-state index contributed by atoms with van der Waals surface area (Å²) in [5.41, 5.74) is 0.580. The predicted molar refractivity (Wildman–Crippen MR) is 132 cm³/mol.